The van der Waals surface area contributed by atoms with Crippen LogP contribution in [0.5, 0.6) is 0 Å². The minimum atomic E-state index is -4.80. The first kappa shape index (κ1) is 18.6. The van der Waals surface area contributed by atoms with Crippen molar-refractivity contribution in [2.75, 3.05) is 5.32 Å². The molecule has 2 rings (SSSR count). The van der Waals surface area contributed by atoms with Gasteiger partial charge in [-0.3, -0.25) is 14.9 Å². The number of thioether (sulfide) groups is 1. The summed E-state index contributed by atoms with van der Waals surface area (Å²) < 4.78 is 39.3. The van der Waals surface area contributed by atoms with Gasteiger partial charge in [-0.1, -0.05) is 12.8 Å². The van der Waals surface area contributed by atoms with Crippen molar-refractivity contribution < 1.29 is 22.9 Å². The standard InChI is InChI=1S/C15H17F3N2O3S/c1-9(24-11-4-2-3-5-11)14(21)19-13-7-6-10(20(22)23)8-12(13)15(16,17)18/h6-9,11H,2-5H2,1H3,(H,19,21)/t9-/m0/s1. The molecule has 1 atom stereocenters. The highest BCUT2D eigenvalue weighted by Gasteiger charge is 2.36. The molecular formula is C15H17F3N2O3S. The predicted molar refractivity (Wildman–Crippen MR) is 86.0 cm³/mol. The molecule has 1 aliphatic carbocycles. The number of nitro groups is 1. The smallest absolute Gasteiger partial charge is 0.325 e. The molecule has 1 amide bonds. The zero-order chi connectivity index (χ0) is 17.9. The van der Waals surface area contributed by atoms with E-state index in [4.69, 9.17) is 0 Å². The first-order valence-electron chi connectivity index (χ1n) is 7.50. The van der Waals surface area contributed by atoms with E-state index in [-0.39, 0.29) is 0 Å². The van der Waals surface area contributed by atoms with Crippen molar-refractivity contribution in [1.82, 2.24) is 0 Å². The van der Waals surface area contributed by atoms with Crippen LogP contribution in [-0.4, -0.2) is 21.3 Å². The summed E-state index contributed by atoms with van der Waals surface area (Å²) in [6.45, 7) is 1.65. The Morgan fingerprint density at radius 2 is 2.00 bits per heavy atom. The number of hydrogen-bond donors (Lipinski definition) is 1. The number of hydrogen-bond acceptors (Lipinski definition) is 4. The van der Waals surface area contributed by atoms with E-state index in [2.05, 4.69) is 5.32 Å². The van der Waals surface area contributed by atoms with Crippen LogP contribution >= 0.6 is 11.8 Å². The maximum Gasteiger partial charge on any atom is 0.418 e. The molecule has 132 valence electrons. The Balaban J connectivity index is 2.15. The van der Waals surface area contributed by atoms with E-state index in [1.54, 1.807) is 6.92 Å². The lowest BCUT2D eigenvalue weighted by Gasteiger charge is -2.18. The van der Waals surface area contributed by atoms with Gasteiger partial charge in [0.25, 0.3) is 5.69 Å². The summed E-state index contributed by atoms with van der Waals surface area (Å²) in [5.41, 5.74) is -2.35. The van der Waals surface area contributed by atoms with Crippen molar-refractivity contribution in [1.29, 1.82) is 0 Å². The Morgan fingerprint density at radius 3 is 2.54 bits per heavy atom. The van der Waals surface area contributed by atoms with Gasteiger partial charge in [0, 0.05) is 17.4 Å². The quantitative estimate of drug-likeness (QED) is 0.613. The lowest BCUT2D eigenvalue weighted by molar-refractivity contribution is -0.385. The SMILES string of the molecule is C[C@H](SC1CCCC1)C(=O)Nc1ccc([N+](=O)[O-])cc1C(F)(F)F. The summed E-state index contributed by atoms with van der Waals surface area (Å²) in [5.74, 6) is -0.536. The molecule has 1 N–H and O–H groups in total. The van der Waals surface area contributed by atoms with E-state index in [0.717, 1.165) is 37.8 Å². The van der Waals surface area contributed by atoms with E-state index >= 15 is 0 Å². The van der Waals surface area contributed by atoms with Gasteiger partial charge in [-0.15, -0.1) is 11.8 Å². The van der Waals surface area contributed by atoms with Crippen LogP contribution in [0.2, 0.25) is 0 Å². The lowest BCUT2D eigenvalue weighted by atomic mass is 10.1. The maximum absolute atomic E-state index is 13.1. The summed E-state index contributed by atoms with van der Waals surface area (Å²) in [5, 5.41) is 12.8. The van der Waals surface area contributed by atoms with E-state index in [1.807, 2.05) is 0 Å². The number of anilines is 1. The molecule has 5 nitrogen and oxygen atoms in total. The molecular weight excluding hydrogens is 345 g/mol. The van der Waals surface area contributed by atoms with Crippen molar-refractivity contribution in [3.63, 3.8) is 0 Å². The summed E-state index contributed by atoms with van der Waals surface area (Å²) in [6, 6.07) is 2.30. The Hall–Kier alpha value is -1.77. The Labute approximate surface area is 141 Å². The monoisotopic (exact) mass is 362 g/mol. The van der Waals surface area contributed by atoms with Gasteiger partial charge in [-0.2, -0.15) is 13.2 Å². The molecule has 1 fully saturated rings. The highest BCUT2D eigenvalue weighted by atomic mass is 32.2. The molecule has 24 heavy (non-hydrogen) atoms. The lowest BCUT2D eigenvalue weighted by Crippen LogP contribution is -2.25. The number of alkyl halides is 3. The van der Waals surface area contributed by atoms with Gasteiger partial charge in [-0.25, -0.2) is 0 Å². The van der Waals surface area contributed by atoms with Gasteiger partial charge in [0.15, 0.2) is 0 Å². The number of benzene rings is 1. The number of rotatable bonds is 5. The molecule has 0 saturated heterocycles. The number of nitrogens with zero attached hydrogens (tertiary/aromatic N) is 1. The highest BCUT2D eigenvalue weighted by molar-refractivity contribution is 8.01. The average molecular weight is 362 g/mol. The number of non-ortho nitro benzene ring substituents is 1. The van der Waals surface area contributed by atoms with Crippen LogP contribution in [0.15, 0.2) is 18.2 Å². The van der Waals surface area contributed by atoms with E-state index in [9.17, 15) is 28.1 Å². The third-order valence-electron chi connectivity index (χ3n) is 3.85. The normalized spacial score (nSPS) is 16.8. The summed E-state index contributed by atoms with van der Waals surface area (Å²) >= 11 is 1.45. The van der Waals surface area contributed by atoms with Crippen LogP contribution in [-0.2, 0) is 11.0 Å². The minimum absolute atomic E-state index is 0.352. The fourth-order valence-corrected chi connectivity index (χ4v) is 3.96. The van der Waals surface area contributed by atoms with Crippen molar-refractivity contribution in [2.45, 2.75) is 49.3 Å². The van der Waals surface area contributed by atoms with Gasteiger partial charge in [0.05, 0.1) is 21.4 Å². The second-order valence-electron chi connectivity index (χ2n) is 5.66. The largest absolute Gasteiger partial charge is 0.418 e. The van der Waals surface area contributed by atoms with Crippen LogP contribution in [0.1, 0.15) is 38.2 Å². The second kappa shape index (κ2) is 7.42. The number of carbonyl (C=O) groups excluding carboxylic acids is 1. The topological polar surface area (TPSA) is 72.2 Å². The van der Waals surface area contributed by atoms with E-state index < -0.39 is 39.2 Å². The first-order valence-corrected chi connectivity index (χ1v) is 8.44. The third kappa shape index (κ3) is 4.62. The molecule has 9 heteroatoms. The second-order valence-corrected chi connectivity index (χ2v) is 7.30. The Morgan fingerprint density at radius 1 is 1.38 bits per heavy atom. The molecule has 0 radical (unpaired) electrons. The average Bonchev–Trinajstić information content (AvgIpc) is 2.99. The van der Waals surface area contributed by atoms with Crippen LogP contribution < -0.4 is 5.32 Å². The molecule has 0 bridgehead atoms. The van der Waals surface area contributed by atoms with Crippen molar-refractivity contribution in [3.8, 4) is 0 Å². The first-order chi connectivity index (χ1) is 11.2. The number of nitro benzene ring substituents is 1. The summed E-state index contributed by atoms with van der Waals surface area (Å²) in [7, 11) is 0. The third-order valence-corrected chi connectivity index (χ3v) is 5.32. The van der Waals surface area contributed by atoms with Crippen molar-refractivity contribution >= 4 is 29.0 Å². The zero-order valence-corrected chi connectivity index (χ0v) is 13.7. The van der Waals surface area contributed by atoms with Gasteiger partial charge in [0.2, 0.25) is 5.91 Å². The molecule has 1 aromatic carbocycles. The number of amides is 1. The zero-order valence-electron chi connectivity index (χ0n) is 12.9. The van der Waals surface area contributed by atoms with Crippen LogP contribution in [0.25, 0.3) is 0 Å². The molecule has 0 aliphatic heterocycles. The van der Waals surface area contributed by atoms with Gasteiger partial charge < -0.3 is 5.32 Å². The van der Waals surface area contributed by atoms with Gasteiger partial charge in [0.1, 0.15) is 0 Å². The van der Waals surface area contributed by atoms with Gasteiger partial charge in [-0.05, 0) is 25.8 Å². The molecule has 0 spiro atoms. The predicted octanol–water partition coefficient (Wildman–Crippen LogP) is 4.62. The molecule has 1 aromatic rings. The van der Waals surface area contributed by atoms with Crippen molar-refractivity contribution in [3.05, 3.63) is 33.9 Å². The molecule has 0 aromatic heterocycles. The van der Waals surface area contributed by atoms with Crippen LogP contribution in [0, 0.1) is 10.1 Å². The van der Waals surface area contributed by atoms with E-state index in [1.165, 1.54) is 11.8 Å². The molecule has 0 unspecified atom stereocenters. The van der Waals surface area contributed by atoms with Gasteiger partial charge >= 0.3 is 6.18 Å². The summed E-state index contributed by atoms with van der Waals surface area (Å²) in [6.07, 6.45) is -0.573. The number of halogens is 3. The Bertz CT molecular complexity index is 631. The van der Waals surface area contributed by atoms with E-state index in [0.29, 0.717) is 11.3 Å². The molecule has 0 heterocycles. The minimum Gasteiger partial charge on any atom is -0.325 e. The maximum atomic E-state index is 13.1. The van der Waals surface area contributed by atoms with Crippen molar-refractivity contribution in [2.24, 2.45) is 0 Å². The molecule has 1 aliphatic rings. The summed E-state index contributed by atoms with van der Waals surface area (Å²) in [4.78, 5) is 21.9. The molecule has 1 saturated carbocycles. The fourth-order valence-electron chi connectivity index (χ4n) is 2.60. The Kier molecular flexibility index (Phi) is 5.74. The highest BCUT2D eigenvalue weighted by Crippen LogP contribution is 2.38. The fraction of sp³-hybridized carbons (Fsp3) is 0.533. The number of carbonyl (C=O) groups is 1. The van der Waals surface area contributed by atoms with Crippen LogP contribution in [0.3, 0.4) is 0 Å². The number of nitrogens with one attached hydrogen (secondary N) is 1. The van der Waals surface area contributed by atoms with Crippen LogP contribution in [0.4, 0.5) is 24.5 Å².